The molecule has 160 valence electrons. The Bertz CT molecular complexity index is 1210. The van der Waals surface area contributed by atoms with Gasteiger partial charge in [-0.2, -0.15) is 4.98 Å². The number of rotatable bonds is 3. The SMILES string of the molecule is Nc1nc(=O)n(C2CCCS2)cc1C#CCn1c(C2CCCCC2)nc2ccccc21. The Morgan fingerprint density at radius 3 is 2.74 bits per heavy atom. The van der Waals surface area contributed by atoms with Crippen LogP contribution in [0.25, 0.3) is 11.0 Å². The van der Waals surface area contributed by atoms with Crippen molar-refractivity contribution in [1.82, 2.24) is 19.1 Å². The molecule has 1 atom stereocenters. The van der Waals surface area contributed by atoms with E-state index in [1.54, 1.807) is 22.5 Å². The van der Waals surface area contributed by atoms with E-state index in [1.807, 2.05) is 6.07 Å². The molecule has 1 saturated heterocycles. The zero-order valence-electron chi connectivity index (χ0n) is 17.6. The fourth-order valence-corrected chi connectivity index (χ4v) is 5.96. The van der Waals surface area contributed by atoms with Crippen molar-refractivity contribution in [3.63, 3.8) is 0 Å². The lowest BCUT2D eigenvalue weighted by molar-refractivity contribution is 0.421. The number of imidazole rings is 1. The molecule has 0 spiro atoms. The van der Waals surface area contributed by atoms with Crippen LogP contribution in [-0.4, -0.2) is 24.9 Å². The molecule has 7 heteroatoms. The van der Waals surface area contributed by atoms with Gasteiger partial charge in [0.1, 0.15) is 11.6 Å². The summed E-state index contributed by atoms with van der Waals surface area (Å²) >= 11 is 1.79. The predicted molar refractivity (Wildman–Crippen MR) is 126 cm³/mol. The maximum absolute atomic E-state index is 12.3. The summed E-state index contributed by atoms with van der Waals surface area (Å²) < 4.78 is 3.95. The minimum absolute atomic E-state index is 0.136. The molecular weight excluding hydrogens is 406 g/mol. The lowest BCUT2D eigenvalue weighted by atomic mass is 9.88. The van der Waals surface area contributed by atoms with Crippen molar-refractivity contribution in [1.29, 1.82) is 0 Å². The van der Waals surface area contributed by atoms with Gasteiger partial charge in [-0.25, -0.2) is 9.78 Å². The van der Waals surface area contributed by atoms with Crippen molar-refractivity contribution >= 4 is 28.6 Å². The summed E-state index contributed by atoms with van der Waals surface area (Å²) in [4.78, 5) is 21.3. The highest BCUT2D eigenvalue weighted by Gasteiger charge is 2.22. The standard InChI is InChI=1S/C24H27N5OS/c25-22-18(16-29(24(30)27-22)21-13-7-15-31-21)10-6-14-28-20-12-5-4-11-19(20)26-23(28)17-8-2-1-3-9-17/h4-5,11-12,16-17,21H,1-3,7-9,13-15H2,(H2,25,27,30). The highest BCUT2D eigenvalue weighted by atomic mass is 32.2. The Labute approximate surface area is 186 Å². The van der Waals surface area contributed by atoms with Crippen LogP contribution in [0.2, 0.25) is 0 Å². The average Bonchev–Trinajstić information content (AvgIpc) is 3.44. The number of thioether (sulfide) groups is 1. The third kappa shape index (κ3) is 4.09. The number of aromatic nitrogens is 4. The number of hydrogen-bond acceptors (Lipinski definition) is 5. The van der Waals surface area contributed by atoms with Crippen molar-refractivity contribution in [2.45, 2.75) is 62.8 Å². The number of benzene rings is 1. The Morgan fingerprint density at radius 1 is 1.10 bits per heavy atom. The van der Waals surface area contributed by atoms with E-state index < -0.39 is 0 Å². The molecule has 5 rings (SSSR count). The first kappa shape index (κ1) is 20.2. The largest absolute Gasteiger partial charge is 0.382 e. The molecule has 0 amide bonds. The van der Waals surface area contributed by atoms with E-state index >= 15 is 0 Å². The minimum Gasteiger partial charge on any atom is -0.382 e. The Balaban J connectivity index is 1.47. The average molecular weight is 434 g/mol. The number of para-hydroxylation sites is 2. The zero-order chi connectivity index (χ0) is 21.2. The molecule has 1 unspecified atom stereocenters. The Kier molecular flexibility index (Phi) is 5.73. The third-order valence-corrected chi connectivity index (χ3v) is 7.68. The van der Waals surface area contributed by atoms with Crippen LogP contribution in [0.5, 0.6) is 0 Å². The van der Waals surface area contributed by atoms with E-state index in [9.17, 15) is 4.79 Å². The number of anilines is 1. The predicted octanol–water partition coefficient (Wildman–Crippen LogP) is 4.30. The van der Waals surface area contributed by atoms with E-state index in [4.69, 9.17) is 10.7 Å². The molecule has 3 aromatic rings. The zero-order valence-corrected chi connectivity index (χ0v) is 18.4. The Morgan fingerprint density at radius 2 is 1.94 bits per heavy atom. The van der Waals surface area contributed by atoms with Gasteiger partial charge in [-0.15, -0.1) is 11.8 Å². The molecule has 2 aliphatic rings. The molecule has 2 N–H and O–H groups in total. The normalized spacial score (nSPS) is 19.4. The molecule has 6 nitrogen and oxygen atoms in total. The highest BCUT2D eigenvalue weighted by Crippen LogP contribution is 2.35. The van der Waals surface area contributed by atoms with Gasteiger partial charge in [0.25, 0.3) is 0 Å². The maximum Gasteiger partial charge on any atom is 0.350 e. The summed E-state index contributed by atoms with van der Waals surface area (Å²) in [7, 11) is 0. The van der Waals surface area contributed by atoms with Crippen molar-refractivity contribution in [3.8, 4) is 11.8 Å². The van der Waals surface area contributed by atoms with Gasteiger partial charge in [0.05, 0.1) is 28.5 Å². The molecule has 31 heavy (non-hydrogen) atoms. The van der Waals surface area contributed by atoms with Crippen LogP contribution in [0.1, 0.15) is 67.6 Å². The molecule has 0 radical (unpaired) electrons. The molecular formula is C24H27N5OS. The summed E-state index contributed by atoms with van der Waals surface area (Å²) in [5.74, 6) is 9.39. The minimum atomic E-state index is -0.289. The first-order chi connectivity index (χ1) is 15.2. The monoisotopic (exact) mass is 433 g/mol. The molecule has 0 bridgehead atoms. The molecule has 1 saturated carbocycles. The third-order valence-electron chi connectivity index (χ3n) is 6.31. The first-order valence-corrected chi connectivity index (χ1v) is 12.2. The second-order valence-corrected chi connectivity index (χ2v) is 9.66. The first-order valence-electron chi connectivity index (χ1n) is 11.1. The number of hydrogen-bond donors (Lipinski definition) is 1. The summed E-state index contributed by atoms with van der Waals surface area (Å²) in [5.41, 5.74) is 8.51. The summed E-state index contributed by atoms with van der Waals surface area (Å²) in [6, 6.07) is 8.27. The fraction of sp³-hybridized carbons (Fsp3) is 0.458. The molecule has 1 aliphatic heterocycles. The number of nitrogens with zero attached hydrogens (tertiary/aromatic N) is 4. The molecule has 3 heterocycles. The molecule has 1 aromatic carbocycles. The quantitative estimate of drug-likeness (QED) is 0.623. The van der Waals surface area contributed by atoms with Gasteiger partial charge in [0, 0.05) is 12.1 Å². The smallest absolute Gasteiger partial charge is 0.350 e. The summed E-state index contributed by atoms with van der Waals surface area (Å²) in [6.07, 6.45) is 10.1. The van der Waals surface area contributed by atoms with Crippen LogP contribution in [0.4, 0.5) is 5.82 Å². The Hall–Kier alpha value is -2.72. The van der Waals surface area contributed by atoms with Crippen LogP contribution in [0.15, 0.2) is 35.3 Å². The maximum atomic E-state index is 12.3. The van der Waals surface area contributed by atoms with E-state index in [0.29, 0.717) is 18.0 Å². The van der Waals surface area contributed by atoms with Crippen LogP contribution in [0, 0.1) is 11.8 Å². The highest BCUT2D eigenvalue weighted by molar-refractivity contribution is 7.99. The van der Waals surface area contributed by atoms with Gasteiger partial charge >= 0.3 is 5.69 Å². The van der Waals surface area contributed by atoms with Crippen molar-refractivity contribution < 1.29 is 0 Å². The second kappa shape index (κ2) is 8.80. The van der Waals surface area contributed by atoms with Gasteiger partial charge in [-0.05, 0) is 43.6 Å². The van der Waals surface area contributed by atoms with Crippen LogP contribution < -0.4 is 11.4 Å². The van der Waals surface area contributed by atoms with Gasteiger partial charge in [0.2, 0.25) is 0 Å². The lowest BCUT2D eigenvalue weighted by Gasteiger charge is -2.21. The van der Waals surface area contributed by atoms with Crippen LogP contribution in [-0.2, 0) is 6.54 Å². The lowest BCUT2D eigenvalue weighted by Crippen LogP contribution is -2.26. The van der Waals surface area contributed by atoms with Gasteiger partial charge < -0.3 is 10.3 Å². The van der Waals surface area contributed by atoms with Gasteiger partial charge in [-0.1, -0.05) is 43.2 Å². The fourth-order valence-electron chi connectivity index (χ4n) is 4.71. The van der Waals surface area contributed by atoms with E-state index in [0.717, 1.165) is 35.5 Å². The number of fused-ring (bicyclic) bond motifs is 1. The second-order valence-electron chi connectivity index (χ2n) is 8.38. The van der Waals surface area contributed by atoms with E-state index in [-0.39, 0.29) is 16.9 Å². The van der Waals surface area contributed by atoms with Crippen molar-refractivity contribution in [3.05, 3.63) is 52.3 Å². The van der Waals surface area contributed by atoms with Crippen molar-refractivity contribution in [2.75, 3.05) is 11.5 Å². The number of nitrogens with two attached hydrogens (primary N) is 1. The van der Waals surface area contributed by atoms with Gasteiger partial charge in [0.15, 0.2) is 0 Å². The number of nitrogen functional groups attached to an aromatic ring is 1. The summed E-state index contributed by atoms with van der Waals surface area (Å²) in [5, 5.41) is 0.136. The van der Waals surface area contributed by atoms with Crippen molar-refractivity contribution in [2.24, 2.45) is 0 Å². The molecule has 2 fully saturated rings. The van der Waals surface area contributed by atoms with Gasteiger partial charge in [-0.3, -0.25) is 4.57 Å². The van der Waals surface area contributed by atoms with E-state index in [1.165, 1.54) is 32.1 Å². The van der Waals surface area contributed by atoms with Crippen LogP contribution >= 0.6 is 11.8 Å². The molecule has 1 aliphatic carbocycles. The summed E-state index contributed by atoms with van der Waals surface area (Å²) in [6.45, 7) is 0.545. The van der Waals surface area contributed by atoms with Crippen LogP contribution in [0.3, 0.4) is 0 Å². The molecule has 2 aromatic heterocycles. The van der Waals surface area contributed by atoms with E-state index in [2.05, 4.69) is 39.6 Å². The topological polar surface area (TPSA) is 78.7 Å².